The van der Waals surface area contributed by atoms with Gasteiger partial charge in [-0.25, -0.2) is 0 Å². The molecule has 0 aliphatic carbocycles. The Kier molecular flexibility index (Phi) is 4.77. The van der Waals surface area contributed by atoms with Crippen LogP contribution in [0.1, 0.15) is 40.0 Å². The van der Waals surface area contributed by atoms with Crippen LogP contribution in [0.15, 0.2) is 0 Å². The highest BCUT2D eigenvalue weighted by atomic mass is 16.3. The van der Waals surface area contributed by atoms with Crippen molar-refractivity contribution < 1.29 is 10.2 Å². The molecule has 0 aliphatic heterocycles. The SMILES string of the molecule is CCCC[C@@H](C)[C@@](C)(O)C#CO. The van der Waals surface area contributed by atoms with Crippen molar-refractivity contribution >= 4 is 0 Å². The fourth-order valence-electron chi connectivity index (χ4n) is 1.03. The first-order valence-corrected chi connectivity index (χ1v) is 4.43. The first kappa shape index (κ1) is 11.3. The molecule has 0 heterocycles. The molecule has 0 amide bonds. The Morgan fingerprint density at radius 1 is 1.50 bits per heavy atom. The molecule has 0 saturated heterocycles. The van der Waals surface area contributed by atoms with Crippen molar-refractivity contribution in [1.82, 2.24) is 0 Å². The second kappa shape index (κ2) is 5.05. The second-order valence-corrected chi connectivity index (χ2v) is 3.43. The monoisotopic (exact) mass is 170 g/mol. The van der Waals surface area contributed by atoms with Gasteiger partial charge in [-0.15, -0.1) is 0 Å². The summed E-state index contributed by atoms with van der Waals surface area (Å²) in [5, 5.41) is 18.0. The van der Waals surface area contributed by atoms with E-state index < -0.39 is 5.60 Å². The predicted molar refractivity (Wildman–Crippen MR) is 49.0 cm³/mol. The van der Waals surface area contributed by atoms with E-state index in [1.165, 1.54) is 0 Å². The maximum atomic E-state index is 9.68. The molecule has 0 rings (SSSR count). The molecule has 2 nitrogen and oxygen atoms in total. The molecule has 0 spiro atoms. The van der Waals surface area contributed by atoms with Gasteiger partial charge in [0.1, 0.15) is 11.7 Å². The molecule has 2 heteroatoms. The molecule has 0 bridgehead atoms. The lowest BCUT2D eigenvalue weighted by Gasteiger charge is -2.24. The Hall–Kier alpha value is -0.680. The van der Waals surface area contributed by atoms with Crippen molar-refractivity contribution in [2.45, 2.75) is 45.6 Å². The quantitative estimate of drug-likeness (QED) is 0.633. The van der Waals surface area contributed by atoms with E-state index in [1.54, 1.807) is 13.0 Å². The fourth-order valence-corrected chi connectivity index (χ4v) is 1.03. The van der Waals surface area contributed by atoms with Crippen molar-refractivity contribution in [2.24, 2.45) is 5.92 Å². The lowest BCUT2D eigenvalue weighted by Crippen LogP contribution is -2.30. The molecular formula is C10H18O2. The molecule has 2 atom stereocenters. The summed E-state index contributed by atoms with van der Waals surface area (Å²) in [7, 11) is 0. The van der Waals surface area contributed by atoms with Gasteiger partial charge in [0.05, 0.1) is 0 Å². The zero-order valence-corrected chi connectivity index (χ0v) is 8.09. The molecule has 0 aromatic heterocycles. The minimum Gasteiger partial charge on any atom is -0.462 e. The van der Waals surface area contributed by atoms with Gasteiger partial charge in [0.15, 0.2) is 0 Å². The van der Waals surface area contributed by atoms with E-state index in [4.69, 9.17) is 5.11 Å². The van der Waals surface area contributed by atoms with Crippen molar-refractivity contribution in [3.63, 3.8) is 0 Å². The number of aliphatic hydroxyl groups is 2. The fraction of sp³-hybridized carbons (Fsp3) is 0.800. The summed E-state index contributed by atoms with van der Waals surface area (Å²) in [6.45, 7) is 5.69. The van der Waals surface area contributed by atoms with Crippen LogP contribution < -0.4 is 0 Å². The minimum atomic E-state index is -1.05. The standard InChI is InChI=1S/C10H18O2/c1-4-5-6-9(2)10(3,12)7-8-11/h9,11-12H,4-6H2,1-3H3/t9-,10+/m1/s1. The van der Waals surface area contributed by atoms with Gasteiger partial charge >= 0.3 is 0 Å². The van der Waals surface area contributed by atoms with Gasteiger partial charge in [-0.3, -0.25) is 0 Å². The first-order chi connectivity index (χ1) is 5.54. The van der Waals surface area contributed by atoms with E-state index in [2.05, 4.69) is 12.8 Å². The zero-order chi connectivity index (χ0) is 9.61. The van der Waals surface area contributed by atoms with Gasteiger partial charge in [0.2, 0.25) is 0 Å². The topological polar surface area (TPSA) is 40.5 Å². The summed E-state index contributed by atoms with van der Waals surface area (Å²) >= 11 is 0. The number of unbranched alkanes of at least 4 members (excludes halogenated alkanes) is 1. The number of rotatable bonds is 4. The highest BCUT2D eigenvalue weighted by molar-refractivity contribution is 5.09. The Bertz CT molecular complexity index is 174. The normalized spacial score (nSPS) is 17.3. The van der Waals surface area contributed by atoms with Gasteiger partial charge in [-0.2, -0.15) is 0 Å². The molecule has 0 saturated carbocycles. The summed E-state index contributed by atoms with van der Waals surface area (Å²) in [6.07, 6.45) is 4.91. The molecule has 0 radical (unpaired) electrons. The highest BCUT2D eigenvalue weighted by Gasteiger charge is 2.25. The third-order valence-electron chi connectivity index (χ3n) is 2.26. The lowest BCUT2D eigenvalue weighted by molar-refractivity contribution is 0.0584. The van der Waals surface area contributed by atoms with E-state index in [0.29, 0.717) is 0 Å². The summed E-state index contributed by atoms with van der Waals surface area (Å²) in [4.78, 5) is 0. The Morgan fingerprint density at radius 3 is 2.50 bits per heavy atom. The molecule has 0 aromatic carbocycles. The Labute approximate surface area is 74.6 Å². The predicted octanol–water partition coefficient (Wildman–Crippen LogP) is 1.90. The van der Waals surface area contributed by atoms with E-state index in [1.807, 2.05) is 6.92 Å². The largest absolute Gasteiger partial charge is 0.462 e. The molecular weight excluding hydrogens is 152 g/mol. The van der Waals surface area contributed by atoms with Crippen molar-refractivity contribution in [1.29, 1.82) is 0 Å². The maximum Gasteiger partial charge on any atom is 0.128 e. The Balaban J connectivity index is 4.02. The van der Waals surface area contributed by atoms with E-state index in [0.717, 1.165) is 19.3 Å². The van der Waals surface area contributed by atoms with Gasteiger partial charge in [0, 0.05) is 0 Å². The van der Waals surface area contributed by atoms with E-state index in [-0.39, 0.29) is 5.92 Å². The van der Waals surface area contributed by atoms with Crippen LogP contribution in [0.4, 0.5) is 0 Å². The van der Waals surface area contributed by atoms with Crippen LogP contribution in [-0.2, 0) is 0 Å². The Morgan fingerprint density at radius 2 is 2.08 bits per heavy atom. The van der Waals surface area contributed by atoms with E-state index in [9.17, 15) is 5.11 Å². The van der Waals surface area contributed by atoms with Crippen LogP contribution in [0.2, 0.25) is 0 Å². The molecule has 12 heavy (non-hydrogen) atoms. The van der Waals surface area contributed by atoms with Gasteiger partial charge in [-0.1, -0.05) is 26.7 Å². The van der Waals surface area contributed by atoms with Gasteiger partial charge in [-0.05, 0) is 25.2 Å². The van der Waals surface area contributed by atoms with Crippen LogP contribution in [0, 0.1) is 17.9 Å². The van der Waals surface area contributed by atoms with Crippen molar-refractivity contribution in [3.05, 3.63) is 0 Å². The third-order valence-corrected chi connectivity index (χ3v) is 2.26. The highest BCUT2D eigenvalue weighted by Crippen LogP contribution is 2.21. The van der Waals surface area contributed by atoms with Crippen LogP contribution in [0.3, 0.4) is 0 Å². The van der Waals surface area contributed by atoms with Crippen LogP contribution >= 0.6 is 0 Å². The number of hydrogen-bond donors (Lipinski definition) is 2. The van der Waals surface area contributed by atoms with Crippen molar-refractivity contribution in [3.8, 4) is 12.0 Å². The first-order valence-electron chi connectivity index (χ1n) is 4.43. The van der Waals surface area contributed by atoms with Crippen molar-refractivity contribution in [2.75, 3.05) is 0 Å². The van der Waals surface area contributed by atoms with Crippen LogP contribution in [-0.4, -0.2) is 15.8 Å². The zero-order valence-electron chi connectivity index (χ0n) is 8.09. The average molecular weight is 170 g/mol. The molecule has 0 aliphatic rings. The smallest absolute Gasteiger partial charge is 0.128 e. The van der Waals surface area contributed by atoms with Crippen LogP contribution in [0.5, 0.6) is 0 Å². The molecule has 0 fully saturated rings. The summed E-state index contributed by atoms with van der Waals surface area (Å²) in [6, 6.07) is 0. The molecule has 0 aromatic rings. The molecule has 2 N–H and O–H groups in total. The third kappa shape index (κ3) is 3.64. The number of hydrogen-bond acceptors (Lipinski definition) is 2. The minimum absolute atomic E-state index is 0.108. The molecule has 0 unspecified atom stereocenters. The van der Waals surface area contributed by atoms with Gasteiger partial charge in [0.25, 0.3) is 0 Å². The average Bonchev–Trinajstić information content (AvgIpc) is 2.00. The number of aliphatic hydroxyl groups excluding tert-OH is 1. The lowest BCUT2D eigenvalue weighted by atomic mass is 9.87. The van der Waals surface area contributed by atoms with E-state index >= 15 is 0 Å². The van der Waals surface area contributed by atoms with Gasteiger partial charge < -0.3 is 10.2 Å². The second-order valence-electron chi connectivity index (χ2n) is 3.43. The molecule has 70 valence electrons. The van der Waals surface area contributed by atoms with Crippen LogP contribution in [0.25, 0.3) is 0 Å². The summed E-state index contributed by atoms with van der Waals surface area (Å²) in [5.41, 5.74) is -1.05. The summed E-state index contributed by atoms with van der Waals surface area (Å²) < 4.78 is 0. The summed E-state index contributed by atoms with van der Waals surface area (Å²) in [5.74, 6) is 2.50. The maximum absolute atomic E-state index is 9.68.